The summed E-state index contributed by atoms with van der Waals surface area (Å²) in [5, 5.41) is 2.85. The first-order valence-electron chi connectivity index (χ1n) is 6.21. The fraction of sp³-hybridized carbons (Fsp3) is 0.667. The Hall–Kier alpha value is -1.37. The van der Waals surface area contributed by atoms with Crippen LogP contribution in [0, 0.1) is 5.41 Å². The number of nitrogens with zero attached hydrogens (tertiary/aromatic N) is 2. The van der Waals surface area contributed by atoms with E-state index in [1.165, 1.54) is 0 Å². The molecule has 7 heteroatoms. The topological polar surface area (TPSA) is 63.8 Å². The third-order valence-corrected chi connectivity index (χ3v) is 3.50. The molecule has 0 spiro atoms. The molecule has 0 unspecified atom stereocenters. The molecule has 19 heavy (non-hydrogen) atoms. The van der Waals surface area contributed by atoms with Gasteiger partial charge in [0.2, 0.25) is 5.95 Å². The van der Waals surface area contributed by atoms with Crippen LogP contribution in [0.5, 0.6) is 0 Å². The number of halogens is 3. The molecule has 0 aromatic carbocycles. The van der Waals surface area contributed by atoms with Gasteiger partial charge in [0.1, 0.15) is 5.69 Å². The quantitative estimate of drug-likeness (QED) is 0.838. The molecule has 1 aromatic heterocycles. The van der Waals surface area contributed by atoms with E-state index in [1.807, 2.05) is 13.8 Å². The van der Waals surface area contributed by atoms with Crippen LogP contribution in [0.3, 0.4) is 0 Å². The zero-order valence-electron chi connectivity index (χ0n) is 11.1. The maximum Gasteiger partial charge on any atom is 0.433 e. The number of hydrogen-bond donors (Lipinski definition) is 2. The first-order valence-corrected chi connectivity index (χ1v) is 6.21. The SMILES string of the molecule is CCC(CC)(CN)CNc1nccc(C(F)(F)F)n1. The van der Waals surface area contributed by atoms with Crippen LogP contribution < -0.4 is 11.1 Å². The van der Waals surface area contributed by atoms with Crippen molar-refractivity contribution in [3.8, 4) is 0 Å². The Morgan fingerprint density at radius 1 is 1.26 bits per heavy atom. The molecule has 0 aliphatic carbocycles. The lowest BCUT2D eigenvalue weighted by Gasteiger charge is -2.30. The second-order valence-corrected chi connectivity index (χ2v) is 4.53. The molecule has 1 rings (SSSR count). The van der Waals surface area contributed by atoms with Gasteiger partial charge in [-0.05, 0) is 30.9 Å². The van der Waals surface area contributed by atoms with Crippen molar-refractivity contribution in [1.82, 2.24) is 9.97 Å². The molecule has 0 saturated heterocycles. The van der Waals surface area contributed by atoms with E-state index >= 15 is 0 Å². The van der Waals surface area contributed by atoms with Crippen molar-refractivity contribution in [2.45, 2.75) is 32.9 Å². The average Bonchev–Trinajstić information content (AvgIpc) is 2.40. The van der Waals surface area contributed by atoms with E-state index in [9.17, 15) is 13.2 Å². The number of anilines is 1. The summed E-state index contributed by atoms with van der Waals surface area (Å²) in [6, 6.07) is 0.848. The van der Waals surface area contributed by atoms with Crippen molar-refractivity contribution < 1.29 is 13.2 Å². The lowest BCUT2D eigenvalue weighted by atomic mass is 9.82. The molecule has 0 atom stereocenters. The van der Waals surface area contributed by atoms with Gasteiger partial charge in [0, 0.05) is 12.7 Å². The number of rotatable bonds is 6. The fourth-order valence-corrected chi connectivity index (χ4v) is 1.73. The van der Waals surface area contributed by atoms with Gasteiger partial charge in [-0.2, -0.15) is 13.2 Å². The maximum atomic E-state index is 12.5. The molecule has 3 N–H and O–H groups in total. The minimum atomic E-state index is -4.46. The summed E-state index contributed by atoms with van der Waals surface area (Å²) >= 11 is 0. The van der Waals surface area contributed by atoms with Gasteiger partial charge >= 0.3 is 6.18 Å². The summed E-state index contributed by atoms with van der Waals surface area (Å²) in [5.74, 6) is -0.0189. The highest BCUT2D eigenvalue weighted by Crippen LogP contribution is 2.28. The van der Waals surface area contributed by atoms with E-state index in [1.54, 1.807) is 0 Å². The lowest BCUT2D eigenvalue weighted by molar-refractivity contribution is -0.141. The van der Waals surface area contributed by atoms with Crippen LogP contribution >= 0.6 is 0 Å². The van der Waals surface area contributed by atoms with Gasteiger partial charge < -0.3 is 11.1 Å². The van der Waals surface area contributed by atoms with Crippen LogP contribution in [0.15, 0.2) is 12.3 Å². The standard InChI is InChI=1S/C12H19F3N4/c1-3-11(4-2,7-16)8-18-10-17-6-5-9(19-10)12(13,14)15/h5-6H,3-4,7-8,16H2,1-2H3,(H,17,18,19). The van der Waals surface area contributed by atoms with Gasteiger partial charge in [-0.15, -0.1) is 0 Å². The molecular weight excluding hydrogens is 257 g/mol. The van der Waals surface area contributed by atoms with Crippen LogP contribution in [-0.2, 0) is 6.18 Å². The Kier molecular flexibility index (Phi) is 5.11. The first-order chi connectivity index (χ1) is 8.87. The molecule has 0 fully saturated rings. The van der Waals surface area contributed by atoms with Gasteiger partial charge in [-0.25, -0.2) is 9.97 Å². The van der Waals surface area contributed by atoms with Gasteiger partial charge in [0.25, 0.3) is 0 Å². The van der Waals surface area contributed by atoms with E-state index in [-0.39, 0.29) is 11.4 Å². The van der Waals surface area contributed by atoms with Crippen molar-refractivity contribution in [3.05, 3.63) is 18.0 Å². The minimum absolute atomic E-state index is 0.0189. The zero-order valence-corrected chi connectivity index (χ0v) is 11.1. The van der Waals surface area contributed by atoms with E-state index < -0.39 is 11.9 Å². The summed E-state index contributed by atoms with van der Waals surface area (Å²) in [7, 11) is 0. The molecule has 0 saturated carbocycles. The average molecular weight is 276 g/mol. The molecule has 0 bridgehead atoms. The van der Waals surface area contributed by atoms with Crippen molar-refractivity contribution in [3.63, 3.8) is 0 Å². The molecule has 0 amide bonds. The van der Waals surface area contributed by atoms with E-state index in [0.717, 1.165) is 25.1 Å². The van der Waals surface area contributed by atoms with Gasteiger partial charge in [-0.3, -0.25) is 0 Å². The normalized spacial score (nSPS) is 12.5. The van der Waals surface area contributed by atoms with Crippen LogP contribution in [0.4, 0.5) is 19.1 Å². The molecule has 108 valence electrons. The number of nitrogens with two attached hydrogens (primary N) is 1. The molecule has 0 aliphatic heterocycles. The summed E-state index contributed by atoms with van der Waals surface area (Å²) < 4.78 is 37.5. The third kappa shape index (κ3) is 4.05. The molecule has 0 aliphatic rings. The number of alkyl halides is 3. The Morgan fingerprint density at radius 3 is 2.37 bits per heavy atom. The molecule has 0 radical (unpaired) electrons. The lowest BCUT2D eigenvalue weighted by Crippen LogP contribution is -2.36. The summed E-state index contributed by atoms with van der Waals surface area (Å²) in [6.07, 6.45) is -1.68. The van der Waals surface area contributed by atoms with E-state index in [2.05, 4.69) is 15.3 Å². The number of aromatic nitrogens is 2. The highest BCUT2D eigenvalue weighted by molar-refractivity contribution is 5.26. The third-order valence-electron chi connectivity index (χ3n) is 3.50. The summed E-state index contributed by atoms with van der Waals surface area (Å²) in [4.78, 5) is 7.26. The van der Waals surface area contributed by atoms with Gasteiger partial charge in [-0.1, -0.05) is 13.8 Å². The Labute approximate surface area is 110 Å². The smallest absolute Gasteiger partial charge is 0.354 e. The van der Waals surface area contributed by atoms with Gasteiger partial charge in [0.05, 0.1) is 0 Å². The first kappa shape index (κ1) is 15.7. The van der Waals surface area contributed by atoms with Crippen molar-refractivity contribution in [1.29, 1.82) is 0 Å². The van der Waals surface area contributed by atoms with Crippen LogP contribution in [0.2, 0.25) is 0 Å². The Morgan fingerprint density at radius 2 is 1.89 bits per heavy atom. The molecule has 1 heterocycles. The largest absolute Gasteiger partial charge is 0.433 e. The maximum absolute atomic E-state index is 12.5. The van der Waals surface area contributed by atoms with Crippen molar-refractivity contribution >= 4 is 5.95 Å². The minimum Gasteiger partial charge on any atom is -0.354 e. The predicted octanol–water partition coefficient (Wildman–Crippen LogP) is 2.67. The fourth-order valence-electron chi connectivity index (χ4n) is 1.73. The van der Waals surface area contributed by atoms with Crippen LogP contribution in [0.1, 0.15) is 32.4 Å². The number of hydrogen-bond acceptors (Lipinski definition) is 4. The van der Waals surface area contributed by atoms with Crippen LogP contribution in [-0.4, -0.2) is 23.1 Å². The Bertz CT molecular complexity index is 394. The van der Waals surface area contributed by atoms with E-state index in [4.69, 9.17) is 5.73 Å². The van der Waals surface area contributed by atoms with Gasteiger partial charge in [0.15, 0.2) is 0 Å². The molecule has 4 nitrogen and oxygen atoms in total. The van der Waals surface area contributed by atoms with E-state index in [0.29, 0.717) is 13.1 Å². The molecule has 1 aromatic rings. The number of nitrogens with one attached hydrogen (secondary N) is 1. The molecular formula is C12H19F3N4. The second-order valence-electron chi connectivity index (χ2n) is 4.53. The monoisotopic (exact) mass is 276 g/mol. The summed E-state index contributed by atoms with van der Waals surface area (Å²) in [6.45, 7) is 4.93. The predicted molar refractivity (Wildman–Crippen MR) is 67.6 cm³/mol. The van der Waals surface area contributed by atoms with Crippen LogP contribution in [0.25, 0.3) is 0 Å². The van der Waals surface area contributed by atoms with Crippen molar-refractivity contribution in [2.75, 3.05) is 18.4 Å². The Balaban J connectivity index is 2.78. The second kappa shape index (κ2) is 6.18. The zero-order chi connectivity index (χ0) is 14.5. The highest BCUT2D eigenvalue weighted by atomic mass is 19.4. The summed E-state index contributed by atoms with van der Waals surface area (Å²) in [5.41, 5.74) is 4.64. The highest BCUT2D eigenvalue weighted by Gasteiger charge is 2.33. The van der Waals surface area contributed by atoms with Crippen molar-refractivity contribution in [2.24, 2.45) is 11.1 Å².